The molecule has 1 atom stereocenters. The van der Waals surface area contributed by atoms with E-state index in [4.69, 9.17) is 0 Å². The molecular formula is C18H18BrNOS. The fraction of sp³-hybridized carbons (Fsp3) is 0.278. The number of carbonyl (C=O) groups excluding carboxylic acids is 1. The Morgan fingerprint density at radius 1 is 1.18 bits per heavy atom. The molecule has 0 N–H and O–H groups in total. The molecule has 0 saturated carbocycles. The number of hydrogen-bond donors (Lipinski definition) is 0. The molecule has 2 aromatic rings. The van der Waals surface area contributed by atoms with Crippen molar-refractivity contribution in [1.29, 1.82) is 0 Å². The van der Waals surface area contributed by atoms with Crippen LogP contribution in [-0.4, -0.2) is 23.1 Å². The lowest BCUT2D eigenvalue weighted by Crippen LogP contribution is -2.30. The fourth-order valence-electron chi connectivity index (χ4n) is 2.80. The van der Waals surface area contributed by atoms with Gasteiger partial charge < -0.3 is 4.90 Å². The molecule has 0 aliphatic carbocycles. The minimum Gasteiger partial charge on any atom is -0.322 e. The molecule has 1 unspecified atom stereocenters. The molecule has 4 heteroatoms. The number of rotatable bonds is 2. The van der Waals surface area contributed by atoms with E-state index in [1.165, 1.54) is 16.7 Å². The van der Waals surface area contributed by atoms with Crippen molar-refractivity contribution in [2.24, 2.45) is 0 Å². The summed E-state index contributed by atoms with van der Waals surface area (Å²) < 4.78 is 0.991. The summed E-state index contributed by atoms with van der Waals surface area (Å²) in [7, 11) is 0. The topological polar surface area (TPSA) is 20.3 Å². The summed E-state index contributed by atoms with van der Waals surface area (Å²) >= 11 is 5.26. The van der Waals surface area contributed by atoms with E-state index in [9.17, 15) is 4.79 Å². The number of nitrogens with zero attached hydrogens (tertiary/aromatic N) is 1. The Hall–Kier alpha value is -1.26. The highest BCUT2D eigenvalue weighted by atomic mass is 79.9. The van der Waals surface area contributed by atoms with Crippen molar-refractivity contribution in [2.45, 2.75) is 19.2 Å². The van der Waals surface area contributed by atoms with Gasteiger partial charge in [0.1, 0.15) is 5.37 Å². The van der Waals surface area contributed by atoms with Crippen molar-refractivity contribution in [3.05, 3.63) is 69.2 Å². The average Bonchev–Trinajstić information content (AvgIpc) is 2.96. The lowest BCUT2D eigenvalue weighted by Gasteiger charge is -2.25. The monoisotopic (exact) mass is 375 g/mol. The third-order valence-corrected chi connectivity index (χ3v) is 5.71. The van der Waals surface area contributed by atoms with Crippen LogP contribution >= 0.6 is 27.7 Å². The Morgan fingerprint density at radius 3 is 2.59 bits per heavy atom. The summed E-state index contributed by atoms with van der Waals surface area (Å²) in [6.07, 6.45) is 0. The minimum absolute atomic E-state index is 0.113. The summed E-state index contributed by atoms with van der Waals surface area (Å²) in [6.45, 7) is 5.03. The quantitative estimate of drug-likeness (QED) is 0.739. The Kier molecular flexibility index (Phi) is 4.59. The summed E-state index contributed by atoms with van der Waals surface area (Å²) in [6, 6.07) is 14.1. The summed E-state index contributed by atoms with van der Waals surface area (Å²) in [4.78, 5) is 14.8. The predicted octanol–water partition coefficient (Wildman–Crippen LogP) is 4.95. The summed E-state index contributed by atoms with van der Waals surface area (Å²) in [5, 5.41) is 0.122. The van der Waals surface area contributed by atoms with Crippen LogP contribution < -0.4 is 0 Å². The molecule has 1 fully saturated rings. The van der Waals surface area contributed by atoms with Gasteiger partial charge >= 0.3 is 0 Å². The van der Waals surface area contributed by atoms with Gasteiger partial charge in [-0.25, -0.2) is 0 Å². The largest absolute Gasteiger partial charge is 0.322 e. The van der Waals surface area contributed by atoms with Gasteiger partial charge in [-0.2, -0.15) is 0 Å². The van der Waals surface area contributed by atoms with Gasteiger partial charge in [-0.1, -0.05) is 39.7 Å². The molecule has 1 heterocycles. The van der Waals surface area contributed by atoms with Crippen LogP contribution in [0.15, 0.2) is 46.9 Å². The summed E-state index contributed by atoms with van der Waals surface area (Å²) in [5.74, 6) is 1.10. The number of carbonyl (C=O) groups is 1. The van der Waals surface area contributed by atoms with Crippen molar-refractivity contribution < 1.29 is 4.79 Å². The van der Waals surface area contributed by atoms with Gasteiger partial charge in [-0.3, -0.25) is 4.79 Å². The third-order valence-electron chi connectivity index (χ3n) is 3.93. The smallest absolute Gasteiger partial charge is 0.255 e. The van der Waals surface area contributed by atoms with E-state index in [2.05, 4.69) is 48.0 Å². The van der Waals surface area contributed by atoms with Gasteiger partial charge in [0.05, 0.1) is 0 Å². The second-order valence-electron chi connectivity index (χ2n) is 5.59. The van der Waals surface area contributed by atoms with E-state index < -0.39 is 0 Å². The second kappa shape index (κ2) is 6.47. The molecule has 2 nitrogen and oxygen atoms in total. The van der Waals surface area contributed by atoms with Crippen LogP contribution in [0.5, 0.6) is 0 Å². The van der Waals surface area contributed by atoms with E-state index in [0.29, 0.717) is 0 Å². The Morgan fingerprint density at radius 2 is 1.91 bits per heavy atom. The van der Waals surface area contributed by atoms with E-state index in [1.807, 2.05) is 40.9 Å². The molecule has 1 saturated heterocycles. The average molecular weight is 376 g/mol. The minimum atomic E-state index is 0.113. The molecule has 1 aliphatic rings. The van der Waals surface area contributed by atoms with Gasteiger partial charge in [0, 0.05) is 22.3 Å². The van der Waals surface area contributed by atoms with Crippen molar-refractivity contribution in [3.63, 3.8) is 0 Å². The lowest BCUT2D eigenvalue weighted by molar-refractivity contribution is 0.0760. The highest BCUT2D eigenvalue weighted by Crippen LogP contribution is 2.40. The zero-order chi connectivity index (χ0) is 15.7. The molecule has 3 rings (SSSR count). The SMILES string of the molecule is Cc1ccc(C2SCCN2C(=O)c2ccc(Br)cc2)c(C)c1. The summed E-state index contributed by atoms with van der Waals surface area (Å²) in [5.41, 5.74) is 4.52. The standard InChI is InChI=1S/C18H18BrNOS/c1-12-3-8-16(13(2)11-12)18-20(9-10-22-18)17(21)14-4-6-15(19)7-5-14/h3-8,11,18H,9-10H2,1-2H3. The van der Waals surface area contributed by atoms with Gasteiger partial charge in [-0.15, -0.1) is 11.8 Å². The molecule has 0 aromatic heterocycles. The van der Waals surface area contributed by atoms with Crippen LogP contribution in [0.2, 0.25) is 0 Å². The highest BCUT2D eigenvalue weighted by Gasteiger charge is 2.32. The Balaban J connectivity index is 1.89. The van der Waals surface area contributed by atoms with Gasteiger partial charge in [0.25, 0.3) is 5.91 Å². The number of benzene rings is 2. The first kappa shape index (κ1) is 15.6. The van der Waals surface area contributed by atoms with Crippen LogP contribution in [-0.2, 0) is 0 Å². The fourth-order valence-corrected chi connectivity index (χ4v) is 4.41. The second-order valence-corrected chi connectivity index (χ2v) is 7.69. The highest BCUT2D eigenvalue weighted by molar-refractivity contribution is 9.10. The van der Waals surface area contributed by atoms with Crippen molar-refractivity contribution in [2.75, 3.05) is 12.3 Å². The third kappa shape index (κ3) is 3.08. The number of hydrogen-bond acceptors (Lipinski definition) is 2. The number of amides is 1. The number of halogens is 1. The molecule has 0 radical (unpaired) electrons. The predicted molar refractivity (Wildman–Crippen MR) is 96.3 cm³/mol. The lowest BCUT2D eigenvalue weighted by atomic mass is 10.0. The van der Waals surface area contributed by atoms with Gasteiger partial charge in [0.15, 0.2) is 0 Å². The van der Waals surface area contributed by atoms with Crippen LogP contribution in [0.4, 0.5) is 0 Å². The number of aryl methyl sites for hydroxylation is 2. The Bertz CT molecular complexity index is 699. The molecule has 1 aliphatic heterocycles. The maximum absolute atomic E-state index is 12.8. The molecule has 1 amide bonds. The van der Waals surface area contributed by atoms with Gasteiger partial charge in [0.2, 0.25) is 0 Å². The maximum atomic E-state index is 12.8. The zero-order valence-electron chi connectivity index (χ0n) is 12.7. The van der Waals surface area contributed by atoms with E-state index >= 15 is 0 Å². The normalized spacial score (nSPS) is 17.8. The molecular weight excluding hydrogens is 358 g/mol. The first-order valence-electron chi connectivity index (χ1n) is 7.31. The Labute approximate surface area is 144 Å². The molecule has 114 valence electrons. The molecule has 2 aromatic carbocycles. The van der Waals surface area contributed by atoms with Crippen LogP contribution in [0.1, 0.15) is 32.4 Å². The number of thioether (sulfide) groups is 1. The van der Waals surface area contributed by atoms with Gasteiger partial charge in [-0.05, 0) is 49.2 Å². The zero-order valence-corrected chi connectivity index (χ0v) is 15.1. The molecule has 0 spiro atoms. The maximum Gasteiger partial charge on any atom is 0.255 e. The van der Waals surface area contributed by atoms with E-state index in [1.54, 1.807) is 0 Å². The van der Waals surface area contributed by atoms with Crippen molar-refractivity contribution in [1.82, 2.24) is 4.90 Å². The van der Waals surface area contributed by atoms with Crippen LogP contribution in [0.25, 0.3) is 0 Å². The first-order chi connectivity index (χ1) is 10.6. The molecule has 22 heavy (non-hydrogen) atoms. The first-order valence-corrected chi connectivity index (χ1v) is 9.16. The molecule has 0 bridgehead atoms. The van der Waals surface area contributed by atoms with Crippen LogP contribution in [0, 0.1) is 13.8 Å². The van der Waals surface area contributed by atoms with E-state index in [0.717, 1.165) is 22.3 Å². The van der Waals surface area contributed by atoms with Crippen LogP contribution in [0.3, 0.4) is 0 Å². The van der Waals surface area contributed by atoms with Crippen molar-refractivity contribution >= 4 is 33.6 Å². The van der Waals surface area contributed by atoms with Crippen molar-refractivity contribution in [3.8, 4) is 0 Å². The van der Waals surface area contributed by atoms with E-state index in [-0.39, 0.29) is 11.3 Å².